The summed E-state index contributed by atoms with van der Waals surface area (Å²) < 4.78 is 12.4. The summed E-state index contributed by atoms with van der Waals surface area (Å²) >= 11 is 12.1. The van der Waals surface area contributed by atoms with Gasteiger partial charge in [0.05, 0.1) is 4.47 Å². The number of aromatic nitrogens is 1. The van der Waals surface area contributed by atoms with Crippen LogP contribution in [0.3, 0.4) is 0 Å². The van der Waals surface area contributed by atoms with Gasteiger partial charge in [-0.15, -0.1) is 0 Å². The Bertz CT molecular complexity index is 727. The number of fused-ring (bicyclic) bond motifs is 1. The highest BCUT2D eigenvalue weighted by molar-refractivity contribution is 9.11. The number of hydrogen-bond acceptors (Lipinski definition) is 4. The van der Waals surface area contributed by atoms with Crippen LogP contribution in [-0.2, 0) is 6.54 Å². The van der Waals surface area contributed by atoms with E-state index in [1.165, 1.54) is 0 Å². The van der Waals surface area contributed by atoms with Gasteiger partial charge in [-0.2, -0.15) is 0 Å². The van der Waals surface area contributed by atoms with Gasteiger partial charge in [-0.05, 0) is 67.8 Å². The summed E-state index contributed by atoms with van der Waals surface area (Å²) in [5, 5.41) is 6.67. The molecule has 0 spiro atoms. The number of rotatable bonds is 3. The van der Waals surface area contributed by atoms with Crippen LogP contribution in [0.5, 0.6) is 11.5 Å². The Morgan fingerprint density at radius 3 is 2.86 bits per heavy atom. The maximum Gasteiger partial charge on any atom is 0.231 e. The average Bonchev–Trinajstić information content (AvgIpc) is 2.95. The second-order valence-electron chi connectivity index (χ2n) is 4.48. The standard InChI is InChI=1S/C14H11Br2N3O2S/c15-9-4-10(16)13(17-6-9)19-14(22)18-5-8-1-2-11-12(3-8)21-7-20-11/h1-4,6H,5,7H2,(H2,17,18,19,22). The van der Waals surface area contributed by atoms with Crippen LogP contribution in [0.2, 0.25) is 0 Å². The van der Waals surface area contributed by atoms with Crippen molar-refractivity contribution in [3.05, 3.63) is 45.0 Å². The average molecular weight is 445 g/mol. The zero-order valence-electron chi connectivity index (χ0n) is 11.2. The van der Waals surface area contributed by atoms with Crippen LogP contribution >= 0.6 is 44.1 Å². The Morgan fingerprint density at radius 2 is 2.05 bits per heavy atom. The van der Waals surface area contributed by atoms with Crippen molar-refractivity contribution in [1.29, 1.82) is 0 Å². The third-order valence-electron chi connectivity index (χ3n) is 2.93. The molecule has 0 amide bonds. The fourth-order valence-electron chi connectivity index (χ4n) is 1.89. The van der Waals surface area contributed by atoms with E-state index in [1.807, 2.05) is 24.3 Å². The molecule has 2 aromatic rings. The van der Waals surface area contributed by atoms with Crippen LogP contribution in [0.1, 0.15) is 5.56 Å². The van der Waals surface area contributed by atoms with Gasteiger partial charge < -0.3 is 20.1 Å². The highest BCUT2D eigenvalue weighted by Gasteiger charge is 2.13. The molecule has 1 aliphatic heterocycles. The van der Waals surface area contributed by atoms with E-state index < -0.39 is 0 Å². The lowest BCUT2D eigenvalue weighted by molar-refractivity contribution is 0.174. The molecule has 0 bridgehead atoms. The van der Waals surface area contributed by atoms with E-state index in [1.54, 1.807) is 6.20 Å². The largest absolute Gasteiger partial charge is 0.454 e. The molecule has 0 aliphatic carbocycles. The minimum absolute atomic E-state index is 0.273. The van der Waals surface area contributed by atoms with Gasteiger partial charge in [-0.3, -0.25) is 0 Å². The van der Waals surface area contributed by atoms with Gasteiger partial charge >= 0.3 is 0 Å². The summed E-state index contributed by atoms with van der Waals surface area (Å²) in [4.78, 5) is 4.25. The minimum atomic E-state index is 0.273. The zero-order chi connectivity index (χ0) is 15.5. The van der Waals surface area contributed by atoms with E-state index in [-0.39, 0.29) is 6.79 Å². The summed E-state index contributed by atoms with van der Waals surface area (Å²) in [6.45, 7) is 0.853. The summed E-state index contributed by atoms with van der Waals surface area (Å²) in [6.07, 6.45) is 1.70. The SMILES string of the molecule is S=C(NCc1ccc2c(c1)OCO2)Nc1ncc(Br)cc1Br. The second-order valence-corrected chi connectivity index (χ2v) is 6.66. The maximum absolute atomic E-state index is 5.35. The summed E-state index contributed by atoms with van der Waals surface area (Å²) in [7, 11) is 0. The van der Waals surface area contributed by atoms with Gasteiger partial charge in [-0.25, -0.2) is 4.98 Å². The Hall–Kier alpha value is -1.38. The summed E-state index contributed by atoms with van der Waals surface area (Å²) in [5.41, 5.74) is 1.05. The highest BCUT2D eigenvalue weighted by atomic mass is 79.9. The van der Waals surface area contributed by atoms with Crippen molar-refractivity contribution in [3.8, 4) is 11.5 Å². The van der Waals surface area contributed by atoms with Crippen molar-refractivity contribution < 1.29 is 9.47 Å². The highest BCUT2D eigenvalue weighted by Crippen LogP contribution is 2.32. The number of benzene rings is 1. The van der Waals surface area contributed by atoms with E-state index in [9.17, 15) is 0 Å². The maximum atomic E-state index is 5.35. The lowest BCUT2D eigenvalue weighted by Gasteiger charge is -2.11. The lowest BCUT2D eigenvalue weighted by atomic mass is 10.2. The van der Waals surface area contributed by atoms with Gasteiger partial charge in [0.15, 0.2) is 16.6 Å². The van der Waals surface area contributed by atoms with E-state index in [4.69, 9.17) is 21.7 Å². The third-order valence-corrected chi connectivity index (χ3v) is 4.21. The molecule has 5 nitrogen and oxygen atoms in total. The molecule has 2 heterocycles. The molecule has 1 aliphatic rings. The lowest BCUT2D eigenvalue weighted by Crippen LogP contribution is -2.28. The molecule has 1 aromatic carbocycles. The molecule has 0 saturated carbocycles. The molecule has 0 atom stereocenters. The Balaban J connectivity index is 1.58. The number of thiocarbonyl (C=S) groups is 1. The van der Waals surface area contributed by atoms with Crippen molar-refractivity contribution in [2.24, 2.45) is 0 Å². The van der Waals surface area contributed by atoms with Crippen molar-refractivity contribution in [3.63, 3.8) is 0 Å². The second kappa shape index (κ2) is 6.80. The molecule has 0 saturated heterocycles. The van der Waals surface area contributed by atoms with Crippen molar-refractivity contribution in [1.82, 2.24) is 10.3 Å². The Morgan fingerprint density at radius 1 is 1.23 bits per heavy atom. The van der Waals surface area contributed by atoms with Crippen LogP contribution in [-0.4, -0.2) is 16.9 Å². The monoisotopic (exact) mass is 443 g/mol. The van der Waals surface area contributed by atoms with Gasteiger partial charge in [0.2, 0.25) is 6.79 Å². The summed E-state index contributed by atoms with van der Waals surface area (Å²) in [5.74, 6) is 2.19. The first-order valence-corrected chi connectivity index (χ1v) is 8.35. The summed E-state index contributed by atoms with van der Waals surface area (Å²) in [6, 6.07) is 7.70. The smallest absolute Gasteiger partial charge is 0.231 e. The van der Waals surface area contributed by atoms with E-state index >= 15 is 0 Å². The molecule has 1 aromatic heterocycles. The number of hydrogen-bond donors (Lipinski definition) is 2. The fraction of sp³-hybridized carbons (Fsp3) is 0.143. The number of ether oxygens (including phenoxy) is 2. The van der Waals surface area contributed by atoms with Gasteiger partial charge in [0, 0.05) is 17.2 Å². The van der Waals surface area contributed by atoms with Crippen LogP contribution in [0.25, 0.3) is 0 Å². The molecule has 0 radical (unpaired) electrons. The Labute approximate surface area is 149 Å². The molecular formula is C14H11Br2N3O2S. The van der Waals surface area contributed by atoms with Gasteiger partial charge in [0.1, 0.15) is 5.82 Å². The first-order chi connectivity index (χ1) is 10.6. The van der Waals surface area contributed by atoms with Crippen LogP contribution in [0.15, 0.2) is 39.4 Å². The van der Waals surface area contributed by atoms with Crippen LogP contribution < -0.4 is 20.1 Å². The van der Waals surface area contributed by atoms with Crippen LogP contribution in [0, 0.1) is 0 Å². The minimum Gasteiger partial charge on any atom is -0.454 e. The number of nitrogens with zero attached hydrogens (tertiary/aromatic N) is 1. The quantitative estimate of drug-likeness (QED) is 0.702. The van der Waals surface area contributed by atoms with E-state index in [0.717, 1.165) is 26.0 Å². The molecule has 3 rings (SSSR count). The predicted molar refractivity (Wildman–Crippen MR) is 95.3 cm³/mol. The fourth-order valence-corrected chi connectivity index (χ4v) is 3.15. The normalized spacial score (nSPS) is 12.1. The van der Waals surface area contributed by atoms with Crippen molar-refractivity contribution in [2.45, 2.75) is 6.54 Å². The van der Waals surface area contributed by atoms with Crippen molar-refractivity contribution >= 4 is 55.0 Å². The molecule has 114 valence electrons. The number of pyridine rings is 1. The molecule has 22 heavy (non-hydrogen) atoms. The topological polar surface area (TPSA) is 55.4 Å². The van der Waals surface area contributed by atoms with Crippen LogP contribution in [0.4, 0.5) is 5.82 Å². The molecule has 0 fully saturated rings. The number of anilines is 1. The van der Waals surface area contributed by atoms with Crippen molar-refractivity contribution in [2.75, 3.05) is 12.1 Å². The van der Waals surface area contributed by atoms with E-state index in [2.05, 4.69) is 47.5 Å². The first-order valence-electron chi connectivity index (χ1n) is 6.36. The molecule has 0 unspecified atom stereocenters. The molecular weight excluding hydrogens is 434 g/mol. The molecule has 8 heteroatoms. The number of nitrogens with one attached hydrogen (secondary N) is 2. The first kappa shape index (κ1) is 15.5. The third kappa shape index (κ3) is 3.68. The van der Waals surface area contributed by atoms with Gasteiger partial charge in [-0.1, -0.05) is 6.07 Å². The Kier molecular flexibility index (Phi) is 4.80. The van der Waals surface area contributed by atoms with E-state index in [0.29, 0.717) is 17.5 Å². The van der Waals surface area contributed by atoms with Gasteiger partial charge in [0.25, 0.3) is 0 Å². The number of halogens is 2. The zero-order valence-corrected chi connectivity index (χ0v) is 15.2. The molecule has 2 N–H and O–H groups in total. The predicted octanol–water partition coefficient (Wildman–Crippen LogP) is 3.82.